The molecule has 0 aliphatic carbocycles. The largest absolute Gasteiger partial charge is 0.350 e. The van der Waals surface area contributed by atoms with Crippen molar-refractivity contribution in [3.63, 3.8) is 0 Å². The van der Waals surface area contributed by atoms with Crippen molar-refractivity contribution in [2.45, 2.75) is 26.4 Å². The van der Waals surface area contributed by atoms with Crippen LogP contribution < -0.4 is 10.6 Å². The van der Waals surface area contributed by atoms with Crippen LogP contribution in [0.25, 0.3) is 11.1 Å². The summed E-state index contributed by atoms with van der Waals surface area (Å²) in [4.78, 5) is 24.9. The number of hydrogen-bond donors (Lipinski definition) is 2. The van der Waals surface area contributed by atoms with Gasteiger partial charge in [-0.2, -0.15) is 0 Å². The number of amides is 2. The van der Waals surface area contributed by atoms with Gasteiger partial charge in [-0.25, -0.2) is 0 Å². The fourth-order valence-electron chi connectivity index (χ4n) is 2.95. The minimum atomic E-state index is -0.626. The third kappa shape index (κ3) is 5.07. The molecular weight excluding hydrogens is 348 g/mol. The van der Waals surface area contributed by atoms with Gasteiger partial charge in [-0.05, 0) is 42.7 Å². The highest BCUT2D eigenvalue weighted by Gasteiger charge is 2.16. The van der Waals surface area contributed by atoms with E-state index in [1.54, 1.807) is 13.0 Å². The van der Waals surface area contributed by atoms with Gasteiger partial charge in [0.2, 0.25) is 5.91 Å². The summed E-state index contributed by atoms with van der Waals surface area (Å²) in [5, 5.41) is 5.62. The first kappa shape index (κ1) is 19.4. The molecule has 2 amide bonds. The van der Waals surface area contributed by atoms with E-state index < -0.39 is 6.04 Å². The second kappa shape index (κ2) is 9.00. The molecular formula is C24H24N2O2. The van der Waals surface area contributed by atoms with E-state index in [9.17, 15) is 9.59 Å². The van der Waals surface area contributed by atoms with Crippen LogP contribution in [-0.2, 0) is 11.3 Å². The Hall–Kier alpha value is -3.40. The molecule has 3 aromatic rings. The zero-order valence-corrected chi connectivity index (χ0v) is 16.1. The fourth-order valence-corrected chi connectivity index (χ4v) is 2.95. The Morgan fingerprint density at radius 2 is 1.54 bits per heavy atom. The highest BCUT2D eigenvalue weighted by Crippen LogP contribution is 2.21. The molecule has 0 aliphatic heterocycles. The van der Waals surface area contributed by atoms with E-state index in [0.29, 0.717) is 12.1 Å². The Bertz CT molecular complexity index is 967. The van der Waals surface area contributed by atoms with Crippen molar-refractivity contribution in [2.75, 3.05) is 0 Å². The Morgan fingerprint density at radius 3 is 2.25 bits per heavy atom. The highest BCUT2D eigenvalue weighted by molar-refractivity contribution is 5.98. The molecule has 0 fully saturated rings. The monoisotopic (exact) mass is 372 g/mol. The molecule has 0 heterocycles. The van der Waals surface area contributed by atoms with Crippen molar-refractivity contribution in [3.05, 3.63) is 95.6 Å². The molecule has 28 heavy (non-hydrogen) atoms. The topological polar surface area (TPSA) is 58.2 Å². The summed E-state index contributed by atoms with van der Waals surface area (Å²) in [6.45, 7) is 4.15. The molecule has 1 atom stereocenters. The molecule has 0 saturated heterocycles. The van der Waals surface area contributed by atoms with Gasteiger partial charge in [-0.1, -0.05) is 72.3 Å². The van der Waals surface area contributed by atoms with Gasteiger partial charge in [0.1, 0.15) is 6.04 Å². The normalized spacial score (nSPS) is 11.5. The van der Waals surface area contributed by atoms with E-state index in [0.717, 1.165) is 22.3 Å². The lowest BCUT2D eigenvalue weighted by atomic mass is 10.0. The molecule has 0 aromatic heterocycles. The van der Waals surface area contributed by atoms with Crippen LogP contribution >= 0.6 is 0 Å². The number of nitrogens with one attached hydrogen (secondary N) is 2. The van der Waals surface area contributed by atoms with Crippen LogP contribution in [0.2, 0.25) is 0 Å². The molecule has 3 aromatic carbocycles. The lowest BCUT2D eigenvalue weighted by molar-refractivity contribution is -0.122. The van der Waals surface area contributed by atoms with Crippen LogP contribution in [0.3, 0.4) is 0 Å². The molecule has 0 spiro atoms. The van der Waals surface area contributed by atoms with Gasteiger partial charge in [-0.3, -0.25) is 9.59 Å². The Kier molecular flexibility index (Phi) is 6.22. The van der Waals surface area contributed by atoms with Crippen LogP contribution in [0.15, 0.2) is 78.9 Å². The molecule has 2 N–H and O–H groups in total. The smallest absolute Gasteiger partial charge is 0.251 e. The second-order valence-electron chi connectivity index (χ2n) is 6.85. The predicted octanol–water partition coefficient (Wildman–Crippen LogP) is 4.10. The van der Waals surface area contributed by atoms with Gasteiger partial charge in [0, 0.05) is 12.1 Å². The number of hydrogen-bond acceptors (Lipinski definition) is 2. The van der Waals surface area contributed by atoms with E-state index in [1.807, 2.05) is 73.7 Å². The first-order valence-corrected chi connectivity index (χ1v) is 9.32. The molecule has 0 aliphatic rings. The molecule has 0 radical (unpaired) electrons. The van der Waals surface area contributed by atoms with Crippen LogP contribution in [0.5, 0.6) is 0 Å². The average molecular weight is 372 g/mol. The zero-order valence-electron chi connectivity index (χ0n) is 16.1. The van der Waals surface area contributed by atoms with Crippen LogP contribution in [0.1, 0.15) is 28.4 Å². The van der Waals surface area contributed by atoms with Crippen LogP contribution in [-0.4, -0.2) is 17.9 Å². The maximum atomic E-state index is 12.6. The molecule has 0 bridgehead atoms. The lowest BCUT2D eigenvalue weighted by Crippen LogP contribution is -2.44. The first-order chi connectivity index (χ1) is 13.5. The van der Waals surface area contributed by atoms with Gasteiger partial charge in [0.15, 0.2) is 0 Å². The van der Waals surface area contributed by atoms with Gasteiger partial charge in [0.25, 0.3) is 5.91 Å². The summed E-state index contributed by atoms with van der Waals surface area (Å²) in [5.41, 5.74) is 4.74. The predicted molar refractivity (Wildman–Crippen MR) is 112 cm³/mol. The minimum Gasteiger partial charge on any atom is -0.350 e. The molecule has 4 nitrogen and oxygen atoms in total. The van der Waals surface area contributed by atoms with Gasteiger partial charge < -0.3 is 10.6 Å². The number of benzene rings is 3. The minimum absolute atomic E-state index is 0.216. The molecule has 142 valence electrons. The average Bonchev–Trinajstić information content (AvgIpc) is 2.72. The number of rotatable bonds is 6. The van der Waals surface area contributed by atoms with Crippen molar-refractivity contribution in [1.82, 2.24) is 10.6 Å². The summed E-state index contributed by atoms with van der Waals surface area (Å²) in [6.07, 6.45) is 0. The van der Waals surface area contributed by atoms with E-state index in [4.69, 9.17) is 0 Å². The third-order valence-electron chi connectivity index (χ3n) is 4.53. The standard InChI is InChI=1S/C24H24N2O2/c1-17-8-6-11-20(14-17)21-12-7-13-22(15-21)24(28)26-18(2)23(27)25-16-19-9-4-3-5-10-19/h3-15,18H,16H2,1-2H3,(H,25,27)(H,26,28). The molecule has 3 rings (SSSR count). The molecule has 4 heteroatoms. The number of carbonyl (C=O) groups excluding carboxylic acids is 2. The lowest BCUT2D eigenvalue weighted by Gasteiger charge is -2.15. The molecule has 1 unspecified atom stereocenters. The van der Waals surface area contributed by atoms with Crippen LogP contribution in [0.4, 0.5) is 0 Å². The van der Waals surface area contributed by atoms with E-state index in [1.165, 1.54) is 0 Å². The van der Waals surface area contributed by atoms with Crippen molar-refractivity contribution in [2.24, 2.45) is 0 Å². The Morgan fingerprint density at radius 1 is 0.857 bits per heavy atom. The first-order valence-electron chi connectivity index (χ1n) is 9.32. The second-order valence-corrected chi connectivity index (χ2v) is 6.85. The summed E-state index contributed by atoms with van der Waals surface area (Å²) in [5.74, 6) is -0.482. The Labute approximate surface area is 165 Å². The van der Waals surface area contributed by atoms with E-state index in [-0.39, 0.29) is 11.8 Å². The van der Waals surface area contributed by atoms with Crippen molar-refractivity contribution < 1.29 is 9.59 Å². The van der Waals surface area contributed by atoms with Crippen molar-refractivity contribution >= 4 is 11.8 Å². The van der Waals surface area contributed by atoms with Crippen molar-refractivity contribution in [1.29, 1.82) is 0 Å². The van der Waals surface area contributed by atoms with Gasteiger partial charge in [0.05, 0.1) is 0 Å². The third-order valence-corrected chi connectivity index (χ3v) is 4.53. The molecule has 0 saturated carbocycles. The summed E-state index contributed by atoms with van der Waals surface area (Å²) >= 11 is 0. The quantitative estimate of drug-likeness (QED) is 0.684. The summed E-state index contributed by atoms with van der Waals surface area (Å²) in [6, 6.07) is 24.6. The zero-order chi connectivity index (χ0) is 19.9. The highest BCUT2D eigenvalue weighted by atomic mass is 16.2. The van der Waals surface area contributed by atoms with Gasteiger partial charge >= 0.3 is 0 Å². The van der Waals surface area contributed by atoms with Crippen molar-refractivity contribution in [3.8, 4) is 11.1 Å². The van der Waals surface area contributed by atoms with Gasteiger partial charge in [-0.15, -0.1) is 0 Å². The van der Waals surface area contributed by atoms with Crippen LogP contribution in [0, 0.1) is 6.92 Å². The number of aryl methyl sites for hydroxylation is 1. The van der Waals surface area contributed by atoms with E-state index in [2.05, 4.69) is 16.7 Å². The SMILES string of the molecule is Cc1cccc(-c2cccc(C(=O)NC(C)C(=O)NCc3ccccc3)c2)c1. The van der Waals surface area contributed by atoms with E-state index >= 15 is 0 Å². The number of carbonyl (C=O) groups is 2. The Balaban J connectivity index is 1.62. The fraction of sp³-hybridized carbons (Fsp3) is 0.167. The summed E-state index contributed by atoms with van der Waals surface area (Å²) < 4.78 is 0. The maximum Gasteiger partial charge on any atom is 0.251 e. The summed E-state index contributed by atoms with van der Waals surface area (Å²) in [7, 11) is 0. The maximum absolute atomic E-state index is 12.6.